The standard InChI is InChI=1S/C19H20N4OS/c1-12-8-9-14-6-5-7-15(16(14)20-12)22-18(24)17-13(2)21-19(25-17)23-10-3-4-11-23/h5-9H,3-4,10-11H2,1-2H3,(H,22,24). The third-order valence-electron chi connectivity index (χ3n) is 4.48. The smallest absolute Gasteiger partial charge is 0.267 e. The number of nitrogens with zero attached hydrogens (tertiary/aromatic N) is 3. The number of hydrogen-bond acceptors (Lipinski definition) is 5. The number of aromatic nitrogens is 2. The van der Waals surface area contributed by atoms with Gasteiger partial charge in [-0.25, -0.2) is 4.98 Å². The normalized spacial score (nSPS) is 14.2. The molecule has 0 spiro atoms. The molecule has 128 valence electrons. The minimum absolute atomic E-state index is 0.115. The number of nitrogens with one attached hydrogen (secondary N) is 1. The number of anilines is 2. The highest BCUT2D eigenvalue weighted by atomic mass is 32.1. The molecule has 1 fully saturated rings. The second-order valence-corrected chi connectivity index (χ2v) is 7.37. The van der Waals surface area contributed by atoms with E-state index in [4.69, 9.17) is 0 Å². The van der Waals surface area contributed by atoms with Crippen LogP contribution < -0.4 is 10.2 Å². The predicted octanol–water partition coefficient (Wildman–Crippen LogP) is 4.16. The van der Waals surface area contributed by atoms with Crippen LogP contribution >= 0.6 is 11.3 Å². The zero-order valence-corrected chi connectivity index (χ0v) is 15.2. The van der Waals surface area contributed by atoms with Gasteiger partial charge in [0.2, 0.25) is 0 Å². The van der Waals surface area contributed by atoms with Crippen molar-refractivity contribution in [2.24, 2.45) is 0 Å². The Morgan fingerprint density at radius 3 is 2.72 bits per heavy atom. The van der Waals surface area contributed by atoms with Crippen molar-refractivity contribution in [3.63, 3.8) is 0 Å². The monoisotopic (exact) mass is 352 g/mol. The topological polar surface area (TPSA) is 58.1 Å². The Balaban J connectivity index is 1.63. The van der Waals surface area contributed by atoms with E-state index in [1.54, 1.807) is 0 Å². The van der Waals surface area contributed by atoms with Gasteiger partial charge in [0.1, 0.15) is 4.88 Å². The SMILES string of the molecule is Cc1ccc2cccc(NC(=O)c3sc(N4CCCC4)nc3C)c2n1. The lowest BCUT2D eigenvalue weighted by Crippen LogP contribution is -2.17. The molecule has 5 nitrogen and oxygen atoms in total. The molecule has 2 aromatic heterocycles. The molecular weight excluding hydrogens is 332 g/mol. The fourth-order valence-corrected chi connectivity index (χ4v) is 4.18. The van der Waals surface area contributed by atoms with E-state index >= 15 is 0 Å². The van der Waals surface area contributed by atoms with Crippen LogP contribution in [-0.4, -0.2) is 29.0 Å². The molecule has 25 heavy (non-hydrogen) atoms. The minimum Gasteiger partial charge on any atom is -0.348 e. The molecule has 0 atom stereocenters. The summed E-state index contributed by atoms with van der Waals surface area (Å²) in [6, 6.07) is 9.83. The number of carbonyl (C=O) groups excluding carboxylic acids is 1. The summed E-state index contributed by atoms with van der Waals surface area (Å²) in [4.78, 5) is 24.9. The van der Waals surface area contributed by atoms with Crippen LogP contribution in [-0.2, 0) is 0 Å². The fourth-order valence-electron chi connectivity index (χ4n) is 3.16. The largest absolute Gasteiger partial charge is 0.348 e. The van der Waals surface area contributed by atoms with Gasteiger partial charge in [-0.1, -0.05) is 29.5 Å². The Labute approximate surface area is 150 Å². The first-order valence-electron chi connectivity index (χ1n) is 8.52. The molecule has 0 radical (unpaired) electrons. The minimum atomic E-state index is -0.115. The van der Waals surface area contributed by atoms with E-state index in [0.29, 0.717) is 4.88 Å². The lowest BCUT2D eigenvalue weighted by Gasteiger charge is -2.12. The third-order valence-corrected chi connectivity index (χ3v) is 5.69. The average molecular weight is 352 g/mol. The van der Waals surface area contributed by atoms with Gasteiger partial charge >= 0.3 is 0 Å². The molecule has 1 amide bonds. The number of para-hydroxylation sites is 1. The molecule has 0 aliphatic carbocycles. The van der Waals surface area contributed by atoms with Crippen LogP contribution in [0, 0.1) is 13.8 Å². The van der Waals surface area contributed by atoms with Crippen molar-refractivity contribution in [2.75, 3.05) is 23.3 Å². The maximum absolute atomic E-state index is 12.8. The maximum atomic E-state index is 12.8. The molecule has 0 bridgehead atoms. The Morgan fingerprint density at radius 2 is 1.92 bits per heavy atom. The van der Waals surface area contributed by atoms with Gasteiger partial charge in [0.25, 0.3) is 5.91 Å². The van der Waals surface area contributed by atoms with Crippen LogP contribution in [0.1, 0.15) is 33.9 Å². The number of thiazole rings is 1. The molecule has 0 unspecified atom stereocenters. The van der Waals surface area contributed by atoms with Gasteiger partial charge in [0, 0.05) is 24.2 Å². The highest BCUT2D eigenvalue weighted by molar-refractivity contribution is 7.17. The zero-order chi connectivity index (χ0) is 17.4. The van der Waals surface area contributed by atoms with Gasteiger partial charge in [-0.15, -0.1) is 0 Å². The van der Waals surface area contributed by atoms with Crippen molar-refractivity contribution in [1.29, 1.82) is 0 Å². The summed E-state index contributed by atoms with van der Waals surface area (Å²) < 4.78 is 0. The molecule has 3 aromatic rings. The number of benzene rings is 1. The fraction of sp³-hybridized carbons (Fsp3) is 0.316. The summed E-state index contributed by atoms with van der Waals surface area (Å²) >= 11 is 1.48. The Hall–Kier alpha value is -2.47. The Bertz CT molecular complexity index is 944. The van der Waals surface area contributed by atoms with E-state index < -0.39 is 0 Å². The molecule has 0 saturated carbocycles. The van der Waals surface area contributed by atoms with Crippen molar-refractivity contribution in [2.45, 2.75) is 26.7 Å². The van der Waals surface area contributed by atoms with Gasteiger partial charge in [0.05, 0.1) is 16.9 Å². The van der Waals surface area contributed by atoms with Crippen molar-refractivity contribution < 1.29 is 4.79 Å². The number of hydrogen-bond donors (Lipinski definition) is 1. The van der Waals surface area contributed by atoms with Crippen LogP contribution in [0.3, 0.4) is 0 Å². The van der Waals surface area contributed by atoms with Crippen LogP contribution in [0.2, 0.25) is 0 Å². The molecule has 6 heteroatoms. The van der Waals surface area contributed by atoms with Gasteiger partial charge in [-0.2, -0.15) is 0 Å². The number of carbonyl (C=O) groups is 1. The van der Waals surface area contributed by atoms with E-state index in [9.17, 15) is 4.79 Å². The first kappa shape index (κ1) is 16.0. The van der Waals surface area contributed by atoms with E-state index in [-0.39, 0.29) is 5.91 Å². The van der Waals surface area contributed by atoms with Crippen molar-refractivity contribution in [1.82, 2.24) is 9.97 Å². The number of fused-ring (bicyclic) bond motifs is 1. The van der Waals surface area contributed by atoms with E-state index in [1.807, 2.05) is 44.2 Å². The van der Waals surface area contributed by atoms with Gasteiger partial charge in [-0.3, -0.25) is 9.78 Å². The predicted molar refractivity (Wildman–Crippen MR) is 103 cm³/mol. The van der Waals surface area contributed by atoms with Crippen LogP contribution in [0.5, 0.6) is 0 Å². The van der Waals surface area contributed by atoms with E-state index in [0.717, 1.165) is 46.2 Å². The Morgan fingerprint density at radius 1 is 1.12 bits per heavy atom. The van der Waals surface area contributed by atoms with E-state index in [2.05, 4.69) is 20.2 Å². The molecule has 1 aliphatic rings. The molecule has 3 heterocycles. The van der Waals surface area contributed by atoms with Crippen molar-refractivity contribution in [3.8, 4) is 0 Å². The van der Waals surface area contributed by atoms with Gasteiger partial charge < -0.3 is 10.2 Å². The summed E-state index contributed by atoms with van der Waals surface area (Å²) in [7, 11) is 0. The highest BCUT2D eigenvalue weighted by Crippen LogP contribution is 2.30. The molecule has 1 aliphatic heterocycles. The van der Waals surface area contributed by atoms with E-state index in [1.165, 1.54) is 24.2 Å². The zero-order valence-electron chi connectivity index (χ0n) is 14.4. The summed E-state index contributed by atoms with van der Waals surface area (Å²) in [5.41, 5.74) is 3.27. The first-order chi connectivity index (χ1) is 12.1. The van der Waals surface area contributed by atoms with Crippen LogP contribution in [0.25, 0.3) is 10.9 Å². The number of rotatable bonds is 3. The van der Waals surface area contributed by atoms with Gasteiger partial charge in [0.15, 0.2) is 5.13 Å². The summed E-state index contributed by atoms with van der Waals surface area (Å²) in [6.45, 7) is 5.91. The van der Waals surface area contributed by atoms with Crippen molar-refractivity contribution in [3.05, 3.63) is 46.6 Å². The Kier molecular flexibility index (Phi) is 4.13. The van der Waals surface area contributed by atoms with Crippen LogP contribution in [0.15, 0.2) is 30.3 Å². The second-order valence-electron chi connectivity index (χ2n) is 6.39. The van der Waals surface area contributed by atoms with Gasteiger partial charge in [-0.05, 0) is 38.8 Å². The summed E-state index contributed by atoms with van der Waals surface area (Å²) in [5, 5.41) is 4.99. The third kappa shape index (κ3) is 3.09. The van der Waals surface area contributed by atoms with Crippen LogP contribution in [0.4, 0.5) is 10.8 Å². The molecule has 1 saturated heterocycles. The lowest BCUT2D eigenvalue weighted by molar-refractivity contribution is 0.103. The number of amides is 1. The highest BCUT2D eigenvalue weighted by Gasteiger charge is 2.21. The second kappa shape index (κ2) is 6.44. The maximum Gasteiger partial charge on any atom is 0.267 e. The quantitative estimate of drug-likeness (QED) is 0.769. The number of aryl methyl sites for hydroxylation is 2. The number of pyridine rings is 1. The average Bonchev–Trinajstić information content (AvgIpc) is 3.24. The molecule has 4 rings (SSSR count). The molecule has 1 N–H and O–H groups in total. The lowest BCUT2D eigenvalue weighted by atomic mass is 10.1. The molecular formula is C19H20N4OS. The van der Waals surface area contributed by atoms with Crippen molar-refractivity contribution >= 4 is 39.0 Å². The molecule has 1 aromatic carbocycles. The summed E-state index contributed by atoms with van der Waals surface area (Å²) in [6.07, 6.45) is 2.39. The summed E-state index contributed by atoms with van der Waals surface area (Å²) in [5.74, 6) is -0.115. The first-order valence-corrected chi connectivity index (χ1v) is 9.33.